The summed E-state index contributed by atoms with van der Waals surface area (Å²) in [6.07, 6.45) is 3.64. The van der Waals surface area contributed by atoms with Gasteiger partial charge >= 0.3 is 0 Å². The minimum absolute atomic E-state index is 0. The minimum Gasteiger partial charge on any atom is -0.327 e. The standard InChI is InChI=1S/C14H19FN2O.ClH/c1-17(12-7-5-11(15)6-8-12)14(18)9-10-3-2-4-13(10)16;/h5-8,10,13H,2-4,9,16H2,1H3;1H/t10-,13+;/m0./s1. The van der Waals surface area contributed by atoms with Gasteiger partial charge in [0.05, 0.1) is 0 Å². The number of carbonyl (C=O) groups is 1. The van der Waals surface area contributed by atoms with Crippen LogP contribution in [0.25, 0.3) is 0 Å². The van der Waals surface area contributed by atoms with E-state index in [1.807, 2.05) is 0 Å². The largest absolute Gasteiger partial charge is 0.327 e. The van der Waals surface area contributed by atoms with E-state index in [1.54, 1.807) is 24.1 Å². The molecule has 1 aliphatic carbocycles. The van der Waals surface area contributed by atoms with Crippen LogP contribution in [0.1, 0.15) is 25.7 Å². The molecule has 1 aliphatic rings. The van der Waals surface area contributed by atoms with Gasteiger partial charge in [-0.15, -0.1) is 12.4 Å². The van der Waals surface area contributed by atoms with Gasteiger partial charge < -0.3 is 10.6 Å². The SMILES string of the molecule is CN(C(=O)C[C@@H]1CCC[C@H]1N)c1ccc(F)cc1.Cl. The van der Waals surface area contributed by atoms with E-state index in [1.165, 1.54) is 12.1 Å². The number of anilines is 1. The Balaban J connectivity index is 0.00000180. The molecule has 0 heterocycles. The van der Waals surface area contributed by atoms with Gasteiger partial charge in [0.25, 0.3) is 0 Å². The number of amides is 1. The van der Waals surface area contributed by atoms with E-state index in [0.717, 1.165) is 19.3 Å². The van der Waals surface area contributed by atoms with E-state index in [2.05, 4.69) is 0 Å². The van der Waals surface area contributed by atoms with E-state index >= 15 is 0 Å². The Kier molecular flexibility index (Phi) is 5.76. The average molecular weight is 287 g/mol. The number of rotatable bonds is 3. The summed E-state index contributed by atoms with van der Waals surface area (Å²) in [5.74, 6) is 0.0433. The molecule has 3 nitrogen and oxygen atoms in total. The summed E-state index contributed by atoms with van der Waals surface area (Å²) in [4.78, 5) is 13.7. The maximum Gasteiger partial charge on any atom is 0.227 e. The van der Waals surface area contributed by atoms with Crippen LogP contribution in [0.15, 0.2) is 24.3 Å². The van der Waals surface area contributed by atoms with Gasteiger partial charge in [-0.25, -0.2) is 4.39 Å². The predicted molar refractivity (Wildman–Crippen MR) is 77.0 cm³/mol. The van der Waals surface area contributed by atoms with Crippen molar-refractivity contribution in [2.24, 2.45) is 11.7 Å². The Labute approximate surface area is 119 Å². The molecule has 0 unspecified atom stereocenters. The second kappa shape index (κ2) is 6.87. The number of benzene rings is 1. The van der Waals surface area contributed by atoms with Crippen LogP contribution in [0.3, 0.4) is 0 Å². The molecule has 1 aromatic rings. The number of hydrogen-bond donors (Lipinski definition) is 1. The molecule has 0 aromatic heterocycles. The van der Waals surface area contributed by atoms with Crippen LogP contribution in [0.2, 0.25) is 0 Å². The van der Waals surface area contributed by atoms with Crippen molar-refractivity contribution in [3.05, 3.63) is 30.1 Å². The molecular formula is C14H20ClFN2O. The summed E-state index contributed by atoms with van der Waals surface area (Å²) >= 11 is 0. The van der Waals surface area contributed by atoms with Crippen molar-refractivity contribution in [3.8, 4) is 0 Å². The van der Waals surface area contributed by atoms with Gasteiger partial charge in [-0.2, -0.15) is 0 Å². The Morgan fingerprint density at radius 3 is 2.53 bits per heavy atom. The summed E-state index contributed by atoms with van der Waals surface area (Å²) < 4.78 is 12.8. The van der Waals surface area contributed by atoms with E-state index < -0.39 is 0 Å². The monoisotopic (exact) mass is 286 g/mol. The third kappa shape index (κ3) is 3.91. The summed E-state index contributed by atoms with van der Waals surface area (Å²) in [5.41, 5.74) is 6.68. The van der Waals surface area contributed by atoms with Crippen molar-refractivity contribution in [1.82, 2.24) is 0 Å². The molecule has 2 rings (SSSR count). The van der Waals surface area contributed by atoms with Crippen molar-refractivity contribution in [2.45, 2.75) is 31.7 Å². The van der Waals surface area contributed by atoms with Gasteiger partial charge in [0.15, 0.2) is 0 Å². The van der Waals surface area contributed by atoms with Gasteiger partial charge in [0.2, 0.25) is 5.91 Å². The molecule has 0 aliphatic heterocycles. The van der Waals surface area contributed by atoms with E-state index in [-0.39, 0.29) is 30.2 Å². The molecule has 0 bridgehead atoms. The zero-order chi connectivity index (χ0) is 13.1. The molecule has 0 saturated heterocycles. The second-order valence-electron chi connectivity index (χ2n) is 4.99. The van der Waals surface area contributed by atoms with Crippen molar-refractivity contribution in [2.75, 3.05) is 11.9 Å². The average Bonchev–Trinajstić information content (AvgIpc) is 2.75. The maximum absolute atomic E-state index is 12.8. The fraction of sp³-hybridized carbons (Fsp3) is 0.500. The zero-order valence-electron chi connectivity index (χ0n) is 11.0. The smallest absolute Gasteiger partial charge is 0.227 e. The third-order valence-corrected chi connectivity index (χ3v) is 3.74. The highest BCUT2D eigenvalue weighted by Gasteiger charge is 2.27. The number of carbonyl (C=O) groups excluding carboxylic acids is 1. The van der Waals surface area contributed by atoms with Crippen LogP contribution in [-0.4, -0.2) is 19.0 Å². The number of nitrogens with zero attached hydrogens (tertiary/aromatic N) is 1. The lowest BCUT2D eigenvalue weighted by Crippen LogP contribution is -2.32. The summed E-state index contributed by atoms with van der Waals surface area (Å²) in [6, 6.07) is 6.10. The lowest BCUT2D eigenvalue weighted by atomic mass is 9.99. The van der Waals surface area contributed by atoms with Crippen LogP contribution in [0.4, 0.5) is 10.1 Å². The molecule has 2 atom stereocenters. The fourth-order valence-electron chi connectivity index (χ4n) is 2.49. The molecule has 19 heavy (non-hydrogen) atoms. The van der Waals surface area contributed by atoms with E-state index in [0.29, 0.717) is 18.0 Å². The van der Waals surface area contributed by atoms with Crippen LogP contribution >= 0.6 is 12.4 Å². The quantitative estimate of drug-likeness (QED) is 0.929. The lowest BCUT2D eigenvalue weighted by molar-refractivity contribution is -0.119. The first-order valence-electron chi connectivity index (χ1n) is 6.35. The molecular weight excluding hydrogens is 267 g/mol. The number of nitrogens with two attached hydrogens (primary N) is 1. The van der Waals surface area contributed by atoms with E-state index in [4.69, 9.17) is 5.73 Å². The van der Waals surface area contributed by atoms with Gasteiger partial charge in [-0.3, -0.25) is 4.79 Å². The highest BCUT2D eigenvalue weighted by atomic mass is 35.5. The lowest BCUT2D eigenvalue weighted by Gasteiger charge is -2.21. The predicted octanol–water partition coefficient (Wildman–Crippen LogP) is 2.73. The molecule has 106 valence electrons. The molecule has 1 amide bonds. The molecule has 0 spiro atoms. The molecule has 1 aromatic carbocycles. The fourth-order valence-corrected chi connectivity index (χ4v) is 2.49. The summed E-state index contributed by atoms with van der Waals surface area (Å²) in [5, 5.41) is 0. The zero-order valence-corrected chi connectivity index (χ0v) is 11.8. The van der Waals surface area contributed by atoms with Crippen LogP contribution in [0.5, 0.6) is 0 Å². The van der Waals surface area contributed by atoms with Crippen molar-refractivity contribution in [1.29, 1.82) is 0 Å². The highest BCUT2D eigenvalue weighted by Crippen LogP contribution is 2.28. The Bertz CT molecular complexity index is 424. The Hall–Kier alpha value is -1.13. The van der Waals surface area contributed by atoms with Crippen molar-refractivity contribution < 1.29 is 9.18 Å². The summed E-state index contributed by atoms with van der Waals surface area (Å²) in [7, 11) is 1.72. The van der Waals surface area contributed by atoms with Crippen LogP contribution in [0, 0.1) is 11.7 Å². The van der Waals surface area contributed by atoms with Crippen LogP contribution < -0.4 is 10.6 Å². The van der Waals surface area contributed by atoms with Gasteiger partial charge in [0, 0.05) is 25.2 Å². The normalized spacial score (nSPS) is 21.8. The molecule has 5 heteroatoms. The topological polar surface area (TPSA) is 46.3 Å². The first kappa shape index (κ1) is 15.9. The van der Waals surface area contributed by atoms with Gasteiger partial charge in [-0.1, -0.05) is 6.42 Å². The third-order valence-electron chi connectivity index (χ3n) is 3.74. The molecule has 0 radical (unpaired) electrons. The van der Waals surface area contributed by atoms with Crippen LogP contribution in [-0.2, 0) is 4.79 Å². The first-order valence-corrected chi connectivity index (χ1v) is 6.35. The highest BCUT2D eigenvalue weighted by molar-refractivity contribution is 5.92. The number of hydrogen-bond acceptors (Lipinski definition) is 2. The van der Waals surface area contributed by atoms with Crippen molar-refractivity contribution >= 4 is 24.0 Å². The Morgan fingerprint density at radius 1 is 1.37 bits per heavy atom. The molecule has 1 fully saturated rings. The van der Waals surface area contributed by atoms with Crippen molar-refractivity contribution in [3.63, 3.8) is 0 Å². The van der Waals surface area contributed by atoms with Gasteiger partial charge in [-0.05, 0) is 43.0 Å². The minimum atomic E-state index is -0.294. The van der Waals surface area contributed by atoms with E-state index in [9.17, 15) is 9.18 Å². The molecule has 1 saturated carbocycles. The Morgan fingerprint density at radius 2 is 2.00 bits per heavy atom. The summed E-state index contributed by atoms with van der Waals surface area (Å²) in [6.45, 7) is 0. The second-order valence-corrected chi connectivity index (χ2v) is 4.99. The number of halogens is 2. The van der Waals surface area contributed by atoms with Gasteiger partial charge in [0.1, 0.15) is 5.82 Å². The maximum atomic E-state index is 12.8. The molecule has 2 N–H and O–H groups in total. The first-order chi connectivity index (χ1) is 8.58.